The summed E-state index contributed by atoms with van der Waals surface area (Å²) in [5.74, 6) is 0.486. The van der Waals surface area contributed by atoms with Gasteiger partial charge in [-0.15, -0.1) is 0 Å². The molecule has 1 aliphatic rings. The maximum Gasteiger partial charge on any atom is 0.243 e. The number of sulfone groups is 1. The van der Waals surface area contributed by atoms with Crippen molar-refractivity contribution in [1.29, 1.82) is 0 Å². The number of nitrogens with zero attached hydrogens (tertiary/aromatic N) is 1. The van der Waals surface area contributed by atoms with Gasteiger partial charge in [0.1, 0.15) is 12.4 Å². The molecule has 0 bridgehead atoms. The van der Waals surface area contributed by atoms with Gasteiger partial charge in [-0.25, -0.2) is 16.8 Å². The molecule has 142 valence electrons. The zero-order valence-corrected chi connectivity index (χ0v) is 16.2. The summed E-state index contributed by atoms with van der Waals surface area (Å²) in [5.41, 5.74) is 0. The SMILES string of the molecule is CCOCCOc1ccc(S(=O)(=O)N(CC)C2CCS(=O)(=O)C2)cc1. The molecule has 1 atom stereocenters. The van der Waals surface area contributed by atoms with Crippen LogP contribution in [0.15, 0.2) is 29.2 Å². The summed E-state index contributed by atoms with van der Waals surface area (Å²) in [7, 11) is -6.89. The summed E-state index contributed by atoms with van der Waals surface area (Å²) in [6.07, 6.45) is 0.341. The van der Waals surface area contributed by atoms with Crippen molar-refractivity contribution in [1.82, 2.24) is 4.31 Å². The van der Waals surface area contributed by atoms with Gasteiger partial charge < -0.3 is 9.47 Å². The van der Waals surface area contributed by atoms with Gasteiger partial charge in [-0.1, -0.05) is 6.92 Å². The van der Waals surface area contributed by atoms with Crippen LogP contribution in [0.4, 0.5) is 0 Å². The van der Waals surface area contributed by atoms with E-state index in [0.29, 0.717) is 32.0 Å². The van der Waals surface area contributed by atoms with Crippen LogP contribution in [0, 0.1) is 0 Å². The number of hydrogen-bond acceptors (Lipinski definition) is 6. The first-order valence-electron chi connectivity index (χ1n) is 8.33. The van der Waals surface area contributed by atoms with Crippen molar-refractivity contribution < 1.29 is 26.3 Å². The molecular weight excluding hydrogens is 366 g/mol. The molecule has 0 saturated carbocycles. The maximum atomic E-state index is 12.8. The summed E-state index contributed by atoms with van der Waals surface area (Å²) in [5, 5.41) is 0. The van der Waals surface area contributed by atoms with Gasteiger partial charge in [0.25, 0.3) is 0 Å². The fourth-order valence-corrected chi connectivity index (χ4v) is 6.32. The summed E-state index contributed by atoms with van der Waals surface area (Å²) in [6, 6.07) is 5.66. The van der Waals surface area contributed by atoms with Gasteiger partial charge in [0, 0.05) is 19.2 Å². The van der Waals surface area contributed by atoms with Crippen LogP contribution >= 0.6 is 0 Å². The van der Waals surface area contributed by atoms with E-state index < -0.39 is 25.9 Å². The lowest BCUT2D eigenvalue weighted by Crippen LogP contribution is -2.40. The van der Waals surface area contributed by atoms with E-state index in [-0.39, 0.29) is 22.9 Å². The molecule has 0 amide bonds. The molecule has 7 nitrogen and oxygen atoms in total. The van der Waals surface area contributed by atoms with Crippen LogP contribution in [0.2, 0.25) is 0 Å². The monoisotopic (exact) mass is 391 g/mol. The second-order valence-electron chi connectivity index (χ2n) is 5.78. The molecule has 9 heteroatoms. The van der Waals surface area contributed by atoms with Gasteiger partial charge in [0.2, 0.25) is 10.0 Å². The van der Waals surface area contributed by atoms with Crippen molar-refractivity contribution in [2.45, 2.75) is 31.2 Å². The van der Waals surface area contributed by atoms with Gasteiger partial charge in [0.05, 0.1) is 23.0 Å². The lowest BCUT2D eigenvalue weighted by Gasteiger charge is -2.26. The van der Waals surface area contributed by atoms with E-state index in [2.05, 4.69) is 0 Å². The third-order valence-corrected chi connectivity index (χ3v) is 7.85. The van der Waals surface area contributed by atoms with Crippen molar-refractivity contribution in [2.75, 3.05) is 37.9 Å². The van der Waals surface area contributed by atoms with Gasteiger partial charge in [-0.2, -0.15) is 4.31 Å². The summed E-state index contributed by atoms with van der Waals surface area (Å²) in [4.78, 5) is 0.135. The maximum absolute atomic E-state index is 12.8. The molecule has 1 saturated heterocycles. The Labute approximate surface area is 149 Å². The summed E-state index contributed by atoms with van der Waals surface area (Å²) >= 11 is 0. The topological polar surface area (TPSA) is 90.0 Å². The van der Waals surface area contributed by atoms with E-state index in [0.717, 1.165) is 0 Å². The summed E-state index contributed by atoms with van der Waals surface area (Å²) < 4.78 is 61.0. The van der Waals surface area contributed by atoms with Gasteiger partial charge in [-0.3, -0.25) is 0 Å². The first-order valence-corrected chi connectivity index (χ1v) is 11.6. The van der Waals surface area contributed by atoms with E-state index >= 15 is 0 Å². The minimum Gasteiger partial charge on any atom is -0.491 e. The third-order valence-electron chi connectivity index (χ3n) is 4.06. The number of rotatable bonds is 9. The molecule has 1 unspecified atom stereocenters. The lowest BCUT2D eigenvalue weighted by molar-refractivity contribution is 0.110. The molecule has 1 aromatic carbocycles. The third kappa shape index (κ3) is 5.16. The molecule has 1 heterocycles. The van der Waals surface area contributed by atoms with E-state index in [1.165, 1.54) is 16.4 Å². The predicted octanol–water partition coefficient (Wildman–Crippen LogP) is 1.30. The Morgan fingerprint density at radius 2 is 1.84 bits per heavy atom. The Kier molecular flexibility index (Phi) is 6.84. The second kappa shape index (κ2) is 8.48. The Morgan fingerprint density at radius 3 is 2.36 bits per heavy atom. The molecular formula is C16H25NO6S2. The van der Waals surface area contributed by atoms with Crippen molar-refractivity contribution in [3.05, 3.63) is 24.3 Å². The Morgan fingerprint density at radius 1 is 1.16 bits per heavy atom. The molecule has 0 N–H and O–H groups in total. The highest BCUT2D eigenvalue weighted by atomic mass is 32.2. The molecule has 0 spiro atoms. The first-order chi connectivity index (χ1) is 11.8. The Bertz CT molecular complexity index is 758. The van der Waals surface area contributed by atoms with Crippen molar-refractivity contribution in [2.24, 2.45) is 0 Å². The van der Waals surface area contributed by atoms with Crippen LogP contribution in [0.3, 0.4) is 0 Å². The van der Waals surface area contributed by atoms with E-state index in [1.54, 1.807) is 19.1 Å². The van der Waals surface area contributed by atoms with Crippen LogP contribution in [0.1, 0.15) is 20.3 Å². The molecule has 0 aromatic heterocycles. The molecule has 0 radical (unpaired) electrons. The van der Waals surface area contributed by atoms with Gasteiger partial charge in [0.15, 0.2) is 9.84 Å². The zero-order valence-electron chi connectivity index (χ0n) is 14.5. The van der Waals surface area contributed by atoms with Crippen LogP contribution < -0.4 is 4.74 Å². The van der Waals surface area contributed by atoms with E-state index in [9.17, 15) is 16.8 Å². The molecule has 0 aliphatic carbocycles. The first kappa shape index (κ1) is 20.2. The standard InChI is InChI=1S/C16H25NO6S2/c1-3-17(14-9-12-24(18,19)13-14)25(20,21)16-7-5-15(6-8-16)23-11-10-22-4-2/h5-8,14H,3-4,9-13H2,1-2H3. The molecule has 1 aromatic rings. The van der Waals surface area contributed by atoms with Crippen LogP contribution in [0.25, 0.3) is 0 Å². The smallest absolute Gasteiger partial charge is 0.243 e. The molecule has 1 aliphatic heterocycles. The number of hydrogen-bond donors (Lipinski definition) is 0. The highest BCUT2D eigenvalue weighted by Gasteiger charge is 2.37. The minimum absolute atomic E-state index is 0.0380. The quantitative estimate of drug-likeness (QED) is 0.590. The average Bonchev–Trinajstić information content (AvgIpc) is 2.92. The number of sulfonamides is 1. The molecule has 25 heavy (non-hydrogen) atoms. The predicted molar refractivity (Wildman–Crippen MR) is 95.1 cm³/mol. The van der Waals surface area contributed by atoms with Crippen LogP contribution in [0.5, 0.6) is 5.75 Å². The van der Waals surface area contributed by atoms with E-state index in [1.807, 2.05) is 6.92 Å². The highest BCUT2D eigenvalue weighted by molar-refractivity contribution is 7.92. The zero-order chi connectivity index (χ0) is 18.5. The lowest BCUT2D eigenvalue weighted by atomic mass is 10.3. The molecule has 1 fully saturated rings. The normalized spacial score (nSPS) is 20.0. The summed E-state index contributed by atoms with van der Waals surface area (Å²) in [6.45, 7) is 5.32. The van der Waals surface area contributed by atoms with Crippen LogP contribution in [-0.2, 0) is 24.6 Å². The van der Waals surface area contributed by atoms with Gasteiger partial charge in [-0.05, 0) is 37.6 Å². The van der Waals surface area contributed by atoms with Crippen molar-refractivity contribution in [3.8, 4) is 5.75 Å². The average molecular weight is 392 g/mol. The number of ether oxygens (including phenoxy) is 2. The van der Waals surface area contributed by atoms with Crippen molar-refractivity contribution in [3.63, 3.8) is 0 Å². The minimum atomic E-state index is -3.74. The Balaban J connectivity index is 2.09. The number of benzene rings is 1. The fraction of sp³-hybridized carbons (Fsp3) is 0.625. The second-order valence-corrected chi connectivity index (χ2v) is 9.90. The Hall–Kier alpha value is -1.16. The molecule has 2 rings (SSSR count). The fourth-order valence-electron chi connectivity index (χ4n) is 2.83. The largest absolute Gasteiger partial charge is 0.491 e. The van der Waals surface area contributed by atoms with Gasteiger partial charge >= 0.3 is 0 Å². The van der Waals surface area contributed by atoms with Crippen molar-refractivity contribution >= 4 is 19.9 Å². The highest BCUT2D eigenvalue weighted by Crippen LogP contribution is 2.26. The van der Waals surface area contributed by atoms with E-state index in [4.69, 9.17) is 9.47 Å². The van der Waals surface area contributed by atoms with Crippen LogP contribution in [-0.4, -0.2) is 65.1 Å².